The molecule has 0 aliphatic rings. The van der Waals surface area contributed by atoms with Gasteiger partial charge in [-0.3, -0.25) is 0 Å². The maximum atomic E-state index is 13.7. The molecule has 7 heteroatoms. The fourth-order valence-electron chi connectivity index (χ4n) is 3.02. The number of benzene rings is 3. The predicted octanol–water partition coefficient (Wildman–Crippen LogP) is 6.97. The summed E-state index contributed by atoms with van der Waals surface area (Å²) in [6.45, 7) is 4.21. The van der Waals surface area contributed by atoms with Crippen LogP contribution in [0.5, 0.6) is 11.5 Å². The molecule has 0 amide bonds. The molecule has 3 nitrogen and oxygen atoms in total. The Morgan fingerprint density at radius 1 is 1.00 bits per heavy atom. The molecule has 166 valence electrons. The van der Waals surface area contributed by atoms with E-state index >= 15 is 0 Å². The third kappa shape index (κ3) is 7.69. The van der Waals surface area contributed by atoms with Crippen molar-refractivity contribution in [3.05, 3.63) is 92.7 Å². The monoisotopic (exact) mass is 527 g/mol. The molecule has 0 fully saturated rings. The molecule has 0 unspecified atom stereocenters. The topological polar surface area (TPSA) is 30.5 Å². The van der Waals surface area contributed by atoms with E-state index in [0.717, 1.165) is 15.6 Å². The van der Waals surface area contributed by atoms with Crippen LogP contribution in [-0.2, 0) is 19.6 Å². The van der Waals surface area contributed by atoms with Crippen molar-refractivity contribution in [2.45, 2.75) is 26.5 Å². The van der Waals surface area contributed by atoms with Crippen LogP contribution in [0.1, 0.15) is 23.6 Å². The maximum Gasteiger partial charge on any atom is 0.175 e. The minimum absolute atomic E-state index is 0. The van der Waals surface area contributed by atoms with E-state index in [1.54, 1.807) is 6.07 Å². The summed E-state index contributed by atoms with van der Waals surface area (Å²) in [7, 11) is 0. The highest BCUT2D eigenvalue weighted by atomic mass is 79.9. The van der Waals surface area contributed by atoms with Gasteiger partial charge >= 0.3 is 0 Å². The minimum atomic E-state index is -0.164. The second kappa shape index (κ2) is 12.9. The molecule has 0 aliphatic carbocycles. The number of nitrogens with one attached hydrogen (secondary N) is 1. The highest BCUT2D eigenvalue weighted by molar-refractivity contribution is 9.10. The molecule has 0 saturated carbocycles. The number of hydrogen-bond acceptors (Lipinski definition) is 3. The van der Waals surface area contributed by atoms with Gasteiger partial charge < -0.3 is 14.8 Å². The summed E-state index contributed by atoms with van der Waals surface area (Å²) < 4.78 is 26.4. The lowest BCUT2D eigenvalue weighted by atomic mass is 10.1. The van der Waals surface area contributed by atoms with Crippen molar-refractivity contribution in [1.82, 2.24) is 5.32 Å². The van der Waals surface area contributed by atoms with Crippen molar-refractivity contribution >= 4 is 39.9 Å². The van der Waals surface area contributed by atoms with Crippen LogP contribution in [0.25, 0.3) is 0 Å². The van der Waals surface area contributed by atoms with Gasteiger partial charge in [-0.05, 0) is 82.8 Å². The largest absolute Gasteiger partial charge is 0.490 e. The fourth-order valence-corrected chi connectivity index (χ4v) is 3.75. The summed E-state index contributed by atoms with van der Waals surface area (Å²) in [5.41, 5.74) is 2.79. The molecule has 3 aromatic rings. The fraction of sp³-hybridized carbons (Fsp3) is 0.250. The van der Waals surface area contributed by atoms with Gasteiger partial charge in [0.2, 0.25) is 0 Å². The molecular formula is C24H25BrCl2FNO2. The van der Waals surface area contributed by atoms with Crippen LogP contribution < -0.4 is 14.8 Å². The van der Waals surface area contributed by atoms with E-state index in [1.807, 2.05) is 55.5 Å². The lowest BCUT2D eigenvalue weighted by Crippen LogP contribution is -2.17. The van der Waals surface area contributed by atoms with E-state index in [9.17, 15) is 4.39 Å². The molecule has 3 aromatic carbocycles. The first-order valence-electron chi connectivity index (χ1n) is 9.83. The highest BCUT2D eigenvalue weighted by Crippen LogP contribution is 2.37. The zero-order chi connectivity index (χ0) is 21.3. The summed E-state index contributed by atoms with van der Waals surface area (Å²) in [6, 6.07) is 18.4. The van der Waals surface area contributed by atoms with Crippen molar-refractivity contribution in [2.75, 3.05) is 13.2 Å². The van der Waals surface area contributed by atoms with Crippen LogP contribution >= 0.6 is 39.9 Å². The first-order chi connectivity index (χ1) is 14.6. The number of ether oxygens (including phenoxy) is 2. The number of rotatable bonds is 10. The van der Waals surface area contributed by atoms with Gasteiger partial charge in [0.15, 0.2) is 11.5 Å². The summed E-state index contributed by atoms with van der Waals surface area (Å²) in [4.78, 5) is 0. The summed E-state index contributed by atoms with van der Waals surface area (Å²) in [5.74, 6) is 1.19. The van der Waals surface area contributed by atoms with E-state index in [4.69, 9.17) is 21.1 Å². The Balaban J connectivity index is 0.00000341. The van der Waals surface area contributed by atoms with E-state index in [1.165, 1.54) is 6.07 Å². The Morgan fingerprint density at radius 3 is 2.45 bits per heavy atom. The molecule has 31 heavy (non-hydrogen) atoms. The Labute approximate surface area is 202 Å². The van der Waals surface area contributed by atoms with Gasteiger partial charge in [0.25, 0.3) is 0 Å². The summed E-state index contributed by atoms with van der Waals surface area (Å²) in [5, 5.41) is 4.06. The van der Waals surface area contributed by atoms with Gasteiger partial charge in [-0.1, -0.05) is 41.9 Å². The molecule has 3 rings (SSSR count). The van der Waals surface area contributed by atoms with Crippen LogP contribution in [0, 0.1) is 5.82 Å². The van der Waals surface area contributed by atoms with Crippen molar-refractivity contribution in [1.29, 1.82) is 0 Å². The quantitative estimate of drug-likeness (QED) is 0.288. The van der Waals surface area contributed by atoms with Crippen molar-refractivity contribution in [3.63, 3.8) is 0 Å². The molecular weight excluding hydrogens is 504 g/mol. The third-order valence-electron chi connectivity index (χ3n) is 4.52. The highest BCUT2D eigenvalue weighted by Gasteiger charge is 2.13. The predicted molar refractivity (Wildman–Crippen MR) is 130 cm³/mol. The Morgan fingerprint density at radius 2 is 1.74 bits per heavy atom. The van der Waals surface area contributed by atoms with Crippen LogP contribution in [0.4, 0.5) is 4.39 Å². The zero-order valence-corrected chi connectivity index (χ0v) is 20.3. The van der Waals surface area contributed by atoms with Crippen LogP contribution in [0.2, 0.25) is 5.02 Å². The molecule has 0 aromatic heterocycles. The molecule has 0 atom stereocenters. The first-order valence-corrected chi connectivity index (χ1v) is 11.0. The average Bonchev–Trinajstić information content (AvgIpc) is 2.73. The van der Waals surface area contributed by atoms with Crippen molar-refractivity contribution < 1.29 is 13.9 Å². The SMILES string of the molecule is CCOc1cc(CNCCc2ccccc2F)cc(Br)c1OCc1ccc(Cl)cc1.Cl. The lowest BCUT2D eigenvalue weighted by Gasteiger charge is -2.16. The van der Waals surface area contributed by atoms with E-state index in [-0.39, 0.29) is 18.2 Å². The second-order valence-electron chi connectivity index (χ2n) is 6.77. The maximum absolute atomic E-state index is 13.7. The summed E-state index contributed by atoms with van der Waals surface area (Å²) in [6.07, 6.45) is 0.633. The molecule has 0 bridgehead atoms. The van der Waals surface area contributed by atoms with Gasteiger partial charge in [-0.2, -0.15) is 0 Å². The van der Waals surface area contributed by atoms with Gasteiger partial charge in [0, 0.05) is 11.6 Å². The number of halogens is 4. The Hall–Kier alpha value is -1.79. The molecule has 0 spiro atoms. The molecule has 0 saturated heterocycles. The zero-order valence-electron chi connectivity index (χ0n) is 17.2. The smallest absolute Gasteiger partial charge is 0.175 e. The van der Waals surface area contributed by atoms with Crippen molar-refractivity contribution in [3.8, 4) is 11.5 Å². The van der Waals surface area contributed by atoms with Crippen molar-refractivity contribution in [2.24, 2.45) is 0 Å². The molecule has 0 radical (unpaired) electrons. The average molecular weight is 529 g/mol. The lowest BCUT2D eigenvalue weighted by molar-refractivity contribution is 0.267. The van der Waals surface area contributed by atoms with Crippen LogP contribution in [-0.4, -0.2) is 13.2 Å². The first kappa shape index (κ1) is 25.5. The van der Waals surface area contributed by atoms with Crippen LogP contribution in [0.15, 0.2) is 65.1 Å². The number of hydrogen-bond donors (Lipinski definition) is 1. The van der Waals surface area contributed by atoms with Gasteiger partial charge in [0.1, 0.15) is 12.4 Å². The van der Waals surface area contributed by atoms with Gasteiger partial charge in [-0.15, -0.1) is 12.4 Å². The summed E-state index contributed by atoms with van der Waals surface area (Å²) >= 11 is 9.54. The second-order valence-corrected chi connectivity index (χ2v) is 8.06. The Bertz CT molecular complexity index is 970. The molecule has 0 heterocycles. The minimum Gasteiger partial charge on any atom is -0.490 e. The molecule has 1 N–H and O–H groups in total. The normalized spacial score (nSPS) is 10.5. The third-order valence-corrected chi connectivity index (χ3v) is 5.36. The molecule has 0 aliphatic heterocycles. The van der Waals surface area contributed by atoms with E-state index in [2.05, 4.69) is 21.2 Å². The van der Waals surface area contributed by atoms with Crippen LogP contribution in [0.3, 0.4) is 0 Å². The van der Waals surface area contributed by atoms with E-state index < -0.39 is 0 Å². The van der Waals surface area contributed by atoms with E-state index in [0.29, 0.717) is 54.8 Å². The Kier molecular flexibility index (Phi) is 10.6. The van der Waals surface area contributed by atoms with Gasteiger partial charge in [0.05, 0.1) is 11.1 Å². The standard InChI is InChI=1S/C24H24BrClFNO2.ClH/c1-2-29-23-14-18(15-28-12-11-19-5-3-4-6-22(19)27)13-21(25)24(23)30-16-17-7-9-20(26)10-8-17;/h3-10,13-14,28H,2,11-12,15-16H2,1H3;1H. The van der Waals surface area contributed by atoms with Gasteiger partial charge in [-0.25, -0.2) is 4.39 Å².